The van der Waals surface area contributed by atoms with Gasteiger partial charge in [0.05, 0.1) is 12.0 Å². The quantitative estimate of drug-likeness (QED) is 0.116. The van der Waals surface area contributed by atoms with E-state index in [9.17, 15) is 9.59 Å². The molecule has 0 amide bonds. The Bertz CT molecular complexity index is 518. The maximum Gasteiger partial charge on any atom is 0.312 e. The Hall–Kier alpha value is -1.06. The van der Waals surface area contributed by atoms with Crippen molar-refractivity contribution in [1.29, 1.82) is 0 Å². The minimum absolute atomic E-state index is 0.0265. The van der Waals surface area contributed by atoms with Crippen molar-refractivity contribution in [3.05, 3.63) is 0 Å². The van der Waals surface area contributed by atoms with Gasteiger partial charge in [0.25, 0.3) is 0 Å². The number of aliphatic carboxylic acids is 1. The molecule has 0 aromatic heterocycles. The molecule has 1 N–H and O–H groups in total. The number of hydrogen-bond donors (Lipinski definition) is 1. The number of carboxylic acid groups (broad SMARTS) is 1. The SMILES string of the molecule is CCCCC(CC)COC(=O)C(C)(CC(CC)CCCC)C(C)CCCCCCCCC(=O)O. The summed E-state index contributed by atoms with van der Waals surface area (Å²) in [5.74, 6) is 0.694. The molecule has 0 saturated heterocycles. The van der Waals surface area contributed by atoms with Crippen LogP contribution in [0.3, 0.4) is 0 Å². The van der Waals surface area contributed by atoms with Crippen molar-refractivity contribution in [2.24, 2.45) is 23.2 Å². The van der Waals surface area contributed by atoms with Gasteiger partial charge >= 0.3 is 11.9 Å². The largest absolute Gasteiger partial charge is 0.481 e. The van der Waals surface area contributed by atoms with E-state index >= 15 is 0 Å². The summed E-state index contributed by atoms with van der Waals surface area (Å²) in [6.07, 6.45) is 18.0. The molecule has 0 aromatic carbocycles. The fourth-order valence-electron chi connectivity index (χ4n) is 5.04. The van der Waals surface area contributed by atoms with E-state index in [-0.39, 0.29) is 12.4 Å². The zero-order valence-corrected chi connectivity index (χ0v) is 23.6. The van der Waals surface area contributed by atoms with Crippen LogP contribution in [0.5, 0.6) is 0 Å². The lowest BCUT2D eigenvalue weighted by Crippen LogP contribution is -2.39. The fraction of sp³-hybridized carbons (Fsp3) is 0.933. The first-order valence-corrected chi connectivity index (χ1v) is 14.6. The van der Waals surface area contributed by atoms with Crippen LogP contribution in [0.2, 0.25) is 0 Å². The third kappa shape index (κ3) is 14.4. The molecule has 4 heteroatoms. The molecule has 0 aliphatic rings. The van der Waals surface area contributed by atoms with Crippen LogP contribution >= 0.6 is 0 Å². The Balaban J connectivity index is 4.93. The normalized spacial score (nSPS) is 15.9. The summed E-state index contributed by atoms with van der Waals surface area (Å²) < 4.78 is 6.03. The zero-order valence-electron chi connectivity index (χ0n) is 23.6. The van der Waals surface area contributed by atoms with Crippen LogP contribution in [-0.4, -0.2) is 23.7 Å². The number of esters is 1. The second-order valence-electron chi connectivity index (χ2n) is 11.0. The van der Waals surface area contributed by atoms with Crippen LogP contribution in [0.4, 0.5) is 0 Å². The van der Waals surface area contributed by atoms with Crippen molar-refractivity contribution in [3.63, 3.8) is 0 Å². The second-order valence-corrected chi connectivity index (χ2v) is 11.0. The summed E-state index contributed by atoms with van der Waals surface area (Å²) in [5.41, 5.74) is -0.418. The van der Waals surface area contributed by atoms with Gasteiger partial charge in [-0.2, -0.15) is 0 Å². The summed E-state index contributed by atoms with van der Waals surface area (Å²) >= 11 is 0. The molecule has 0 spiro atoms. The maximum atomic E-state index is 13.5. The van der Waals surface area contributed by atoms with E-state index in [0.29, 0.717) is 24.4 Å². The third-order valence-corrected chi connectivity index (χ3v) is 8.08. The van der Waals surface area contributed by atoms with E-state index in [2.05, 4.69) is 41.5 Å². The van der Waals surface area contributed by atoms with E-state index in [4.69, 9.17) is 9.84 Å². The van der Waals surface area contributed by atoms with Gasteiger partial charge in [0.15, 0.2) is 0 Å². The summed E-state index contributed by atoms with van der Waals surface area (Å²) in [5, 5.41) is 8.75. The lowest BCUT2D eigenvalue weighted by Gasteiger charge is -2.37. The number of unbranched alkanes of at least 4 members (excludes halogenated alkanes) is 7. The Morgan fingerprint density at radius 1 is 0.765 bits per heavy atom. The van der Waals surface area contributed by atoms with Gasteiger partial charge in [-0.1, -0.05) is 112 Å². The molecular weight excluding hydrogens is 424 g/mol. The van der Waals surface area contributed by atoms with E-state index in [1.165, 1.54) is 32.1 Å². The second kappa shape index (κ2) is 20.2. The first-order chi connectivity index (χ1) is 16.2. The molecule has 34 heavy (non-hydrogen) atoms. The highest BCUT2D eigenvalue weighted by molar-refractivity contribution is 5.76. The summed E-state index contributed by atoms with van der Waals surface area (Å²) in [4.78, 5) is 24.1. The van der Waals surface area contributed by atoms with Crippen LogP contribution in [0, 0.1) is 23.2 Å². The molecule has 0 heterocycles. The predicted molar refractivity (Wildman–Crippen MR) is 144 cm³/mol. The van der Waals surface area contributed by atoms with Gasteiger partial charge < -0.3 is 9.84 Å². The molecule has 0 saturated carbocycles. The number of carbonyl (C=O) groups excluding carboxylic acids is 1. The van der Waals surface area contributed by atoms with Crippen molar-refractivity contribution < 1.29 is 19.4 Å². The minimum Gasteiger partial charge on any atom is -0.481 e. The molecule has 4 atom stereocenters. The summed E-state index contributed by atoms with van der Waals surface area (Å²) in [6, 6.07) is 0. The number of carbonyl (C=O) groups is 2. The average Bonchev–Trinajstić information content (AvgIpc) is 2.82. The Morgan fingerprint density at radius 3 is 1.82 bits per heavy atom. The molecule has 0 rings (SSSR count). The van der Waals surface area contributed by atoms with Crippen molar-refractivity contribution in [2.45, 2.75) is 151 Å². The highest BCUT2D eigenvalue weighted by atomic mass is 16.5. The van der Waals surface area contributed by atoms with Crippen LogP contribution in [-0.2, 0) is 14.3 Å². The van der Waals surface area contributed by atoms with E-state index in [1.807, 2.05) is 0 Å². The van der Waals surface area contributed by atoms with Gasteiger partial charge in [0, 0.05) is 6.42 Å². The van der Waals surface area contributed by atoms with Crippen LogP contribution in [0.15, 0.2) is 0 Å². The Kier molecular flexibility index (Phi) is 19.5. The van der Waals surface area contributed by atoms with Gasteiger partial charge in [-0.15, -0.1) is 0 Å². The lowest BCUT2D eigenvalue weighted by molar-refractivity contribution is -0.161. The lowest BCUT2D eigenvalue weighted by atomic mass is 9.69. The van der Waals surface area contributed by atoms with Gasteiger partial charge in [-0.3, -0.25) is 9.59 Å². The van der Waals surface area contributed by atoms with Crippen molar-refractivity contribution >= 4 is 11.9 Å². The van der Waals surface area contributed by atoms with Crippen LogP contribution in [0.1, 0.15) is 151 Å². The molecule has 4 nitrogen and oxygen atoms in total. The first-order valence-electron chi connectivity index (χ1n) is 14.6. The molecule has 0 aliphatic heterocycles. The summed E-state index contributed by atoms with van der Waals surface area (Å²) in [7, 11) is 0. The number of carboxylic acids is 1. The molecule has 0 bridgehead atoms. The van der Waals surface area contributed by atoms with Crippen molar-refractivity contribution in [3.8, 4) is 0 Å². The molecule has 0 aliphatic carbocycles. The minimum atomic E-state index is -0.695. The molecule has 0 aromatic rings. The summed E-state index contributed by atoms with van der Waals surface area (Å²) in [6.45, 7) is 13.9. The molecule has 0 fully saturated rings. The number of ether oxygens (including phenoxy) is 1. The van der Waals surface area contributed by atoms with Gasteiger partial charge in [-0.05, 0) is 50.4 Å². The van der Waals surface area contributed by atoms with Gasteiger partial charge in [-0.25, -0.2) is 0 Å². The monoisotopic (exact) mass is 482 g/mol. The fourth-order valence-corrected chi connectivity index (χ4v) is 5.04. The predicted octanol–water partition coefficient (Wildman–Crippen LogP) is 9.20. The van der Waals surface area contributed by atoms with Crippen molar-refractivity contribution in [2.75, 3.05) is 6.61 Å². The maximum absolute atomic E-state index is 13.5. The smallest absolute Gasteiger partial charge is 0.312 e. The molecule has 202 valence electrons. The number of hydrogen-bond acceptors (Lipinski definition) is 3. The molecular formula is C30H58O4. The first kappa shape index (κ1) is 32.9. The van der Waals surface area contributed by atoms with E-state index in [0.717, 1.165) is 70.6 Å². The standard InChI is InChI=1S/C30H58O4/c1-7-11-20-26(9-3)23-30(6,29(33)34-24-27(10-4)21-12-8-2)25(5)19-17-15-13-14-16-18-22-28(31)32/h25-27H,7-24H2,1-6H3,(H,31,32). The number of rotatable bonds is 23. The van der Waals surface area contributed by atoms with E-state index in [1.54, 1.807) is 0 Å². The van der Waals surface area contributed by atoms with Crippen molar-refractivity contribution in [1.82, 2.24) is 0 Å². The average molecular weight is 483 g/mol. The molecule has 4 unspecified atom stereocenters. The van der Waals surface area contributed by atoms with Crippen LogP contribution < -0.4 is 0 Å². The van der Waals surface area contributed by atoms with E-state index < -0.39 is 11.4 Å². The Labute approximate surface area is 212 Å². The van der Waals surface area contributed by atoms with Gasteiger partial charge in [0.2, 0.25) is 0 Å². The van der Waals surface area contributed by atoms with Gasteiger partial charge in [0.1, 0.15) is 0 Å². The molecule has 0 radical (unpaired) electrons. The highest BCUT2D eigenvalue weighted by Crippen LogP contribution is 2.41. The highest BCUT2D eigenvalue weighted by Gasteiger charge is 2.41. The third-order valence-electron chi connectivity index (χ3n) is 8.08. The van der Waals surface area contributed by atoms with Crippen LogP contribution in [0.25, 0.3) is 0 Å². The Morgan fingerprint density at radius 2 is 1.29 bits per heavy atom. The topological polar surface area (TPSA) is 63.6 Å². The zero-order chi connectivity index (χ0) is 25.8.